The average Bonchev–Trinajstić information content (AvgIpc) is 3.36. The fourth-order valence-electron chi connectivity index (χ4n) is 10.5. The second kappa shape index (κ2) is 16.6. The molecule has 2 aliphatic heterocycles. The molecule has 0 unspecified atom stereocenters. The van der Waals surface area contributed by atoms with Crippen LogP contribution in [-0.4, -0.2) is 6.71 Å². The normalized spacial score (nSPS) is 12.4. The van der Waals surface area contributed by atoms with Crippen molar-refractivity contribution in [2.45, 2.75) is 34.6 Å². The molecule has 326 valence electrons. The molecule has 10 aromatic rings. The number of nitrogens with zero attached hydrogens (tertiary/aromatic N) is 4. The highest BCUT2D eigenvalue weighted by Gasteiger charge is 2.44. The first-order valence-electron chi connectivity index (χ1n) is 23.7. The maximum Gasteiger partial charge on any atom is 0.252 e. The second-order valence-electron chi connectivity index (χ2n) is 18.7. The van der Waals surface area contributed by atoms with Gasteiger partial charge in [-0.3, -0.25) is 0 Å². The molecule has 2 aliphatic rings. The van der Waals surface area contributed by atoms with Crippen molar-refractivity contribution in [2.24, 2.45) is 0 Å². The van der Waals surface area contributed by atoms with Crippen molar-refractivity contribution < 1.29 is 0 Å². The number of hydrogen-bond donors (Lipinski definition) is 0. The topological polar surface area (TPSA) is 13.0 Å². The monoisotopic (exact) mass is 874 g/mol. The van der Waals surface area contributed by atoms with Crippen LogP contribution in [0.2, 0.25) is 0 Å². The first-order chi connectivity index (χ1) is 33.3. The predicted octanol–water partition coefficient (Wildman–Crippen LogP) is 15.4. The minimum Gasteiger partial charge on any atom is -0.311 e. The van der Waals surface area contributed by atoms with Gasteiger partial charge in [-0.25, -0.2) is 0 Å². The zero-order valence-electron chi connectivity index (χ0n) is 39.2. The van der Waals surface area contributed by atoms with Gasteiger partial charge in [-0.2, -0.15) is 0 Å². The van der Waals surface area contributed by atoms with Crippen LogP contribution >= 0.6 is 0 Å². The molecule has 0 N–H and O–H groups in total. The van der Waals surface area contributed by atoms with Gasteiger partial charge in [-0.1, -0.05) is 149 Å². The summed E-state index contributed by atoms with van der Waals surface area (Å²) in [4.78, 5) is 9.92. The van der Waals surface area contributed by atoms with Gasteiger partial charge in [0.2, 0.25) is 0 Å². The third kappa shape index (κ3) is 7.01. The minimum absolute atomic E-state index is 0.0497. The Kier molecular flexibility index (Phi) is 10.0. The molecule has 10 aromatic carbocycles. The van der Waals surface area contributed by atoms with Crippen LogP contribution < -0.4 is 36.0 Å². The quantitative estimate of drug-likeness (QED) is 0.141. The molecule has 0 aliphatic carbocycles. The van der Waals surface area contributed by atoms with Gasteiger partial charge in [0.25, 0.3) is 6.71 Å². The lowest BCUT2D eigenvalue weighted by atomic mass is 9.33. The lowest BCUT2D eigenvalue weighted by molar-refractivity contribution is 1.21. The summed E-state index contributed by atoms with van der Waals surface area (Å²) in [6.45, 7) is 10.8. The fourth-order valence-corrected chi connectivity index (χ4v) is 10.5. The van der Waals surface area contributed by atoms with E-state index < -0.39 is 0 Å². The summed E-state index contributed by atoms with van der Waals surface area (Å²) in [5, 5.41) is 2.41. The van der Waals surface area contributed by atoms with Crippen LogP contribution in [0.25, 0.3) is 10.8 Å². The van der Waals surface area contributed by atoms with E-state index >= 15 is 0 Å². The van der Waals surface area contributed by atoms with Crippen molar-refractivity contribution in [3.63, 3.8) is 0 Å². The molecule has 12 rings (SSSR count). The van der Waals surface area contributed by atoms with E-state index in [1.54, 1.807) is 0 Å². The summed E-state index contributed by atoms with van der Waals surface area (Å²) >= 11 is 0. The molecule has 0 atom stereocenters. The molecule has 2 heterocycles. The third-order valence-corrected chi connectivity index (χ3v) is 13.9. The van der Waals surface area contributed by atoms with Crippen LogP contribution in [-0.2, 0) is 0 Å². The van der Waals surface area contributed by atoms with Crippen LogP contribution in [0.15, 0.2) is 218 Å². The molecule has 0 radical (unpaired) electrons. The van der Waals surface area contributed by atoms with Gasteiger partial charge in [-0.05, 0) is 153 Å². The van der Waals surface area contributed by atoms with E-state index in [0.29, 0.717) is 0 Å². The second-order valence-corrected chi connectivity index (χ2v) is 18.7. The molecule has 4 nitrogen and oxygen atoms in total. The Balaban J connectivity index is 1.19. The SMILES string of the molecule is Cc1ccc(N(c2ccc(C)cc2)c2cc3c4c(c2)N(c2ccc(C)cc2)c2cc(N(c5ccccc5)c5cccc6ccccc56)ccc2B4c2cc(C)ccc2N3c2ccc(C)cc2)cc1. The molecular weight excluding hydrogens is 824 g/mol. The molecule has 0 aromatic heterocycles. The molecule has 5 heteroatoms. The van der Waals surface area contributed by atoms with E-state index in [1.165, 1.54) is 66.4 Å². The highest BCUT2D eigenvalue weighted by Crippen LogP contribution is 2.49. The van der Waals surface area contributed by atoms with Gasteiger partial charge >= 0.3 is 0 Å². The zero-order chi connectivity index (χ0) is 46.0. The van der Waals surface area contributed by atoms with Gasteiger partial charge in [0.05, 0.1) is 11.4 Å². The summed E-state index contributed by atoms with van der Waals surface area (Å²) < 4.78 is 0. The van der Waals surface area contributed by atoms with Crippen molar-refractivity contribution in [2.75, 3.05) is 19.6 Å². The maximum absolute atomic E-state index is 2.54. The highest BCUT2D eigenvalue weighted by atomic mass is 15.2. The van der Waals surface area contributed by atoms with E-state index in [-0.39, 0.29) is 6.71 Å². The Labute approximate surface area is 400 Å². The Morgan fingerprint density at radius 1 is 0.324 bits per heavy atom. The molecule has 0 fully saturated rings. The van der Waals surface area contributed by atoms with Crippen LogP contribution in [0.5, 0.6) is 0 Å². The van der Waals surface area contributed by atoms with Crippen LogP contribution in [0.3, 0.4) is 0 Å². The first kappa shape index (κ1) is 41.2. The van der Waals surface area contributed by atoms with E-state index in [4.69, 9.17) is 0 Å². The van der Waals surface area contributed by atoms with E-state index in [0.717, 1.165) is 56.9 Å². The predicted molar refractivity (Wildman–Crippen MR) is 291 cm³/mol. The fraction of sp³-hybridized carbons (Fsp3) is 0.0794. The van der Waals surface area contributed by atoms with Gasteiger partial charge < -0.3 is 19.6 Å². The van der Waals surface area contributed by atoms with Gasteiger partial charge in [0.15, 0.2) is 0 Å². The number of rotatable bonds is 8. The molecule has 0 amide bonds. The Morgan fingerprint density at radius 2 is 0.809 bits per heavy atom. The standard InChI is InChI=1S/C63H51BN4/c1-42-18-27-49(28-19-42)65(50-29-20-43(2)21-30-50)54-40-61-63-62(41-54)68(52-33-24-45(4)25-34-52)60-39-53(66(48-14-7-6-8-15-48)58-17-11-13-47-12-9-10-16-55(47)58)35-36-56(60)64(63)57-38-46(5)26-37-59(57)67(61)51-31-22-44(3)23-32-51/h6-41H,1-5H3. The molecule has 0 spiro atoms. The lowest BCUT2D eigenvalue weighted by Crippen LogP contribution is -2.61. The molecular formula is C63H51BN4. The third-order valence-electron chi connectivity index (χ3n) is 13.9. The van der Waals surface area contributed by atoms with Crippen LogP contribution in [0.4, 0.5) is 68.2 Å². The molecule has 68 heavy (non-hydrogen) atoms. The van der Waals surface area contributed by atoms with Crippen molar-refractivity contribution in [1.82, 2.24) is 0 Å². The van der Waals surface area contributed by atoms with Gasteiger partial charge in [0, 0.05) is 62.3 Å². The van der Waals surface area contributed by atoms with Crippen molar-refractivity contribution in [3.05, 3.63) is 246 Å². The van der Waals surface area contributed by atoms with Crippen LogP contribution in [0.1, 0.15) is 27.8 Å². The summed E-state index contributed by atoms with van der Waals surface area (Å²) in [7, 11) is 0. The number of hydrogen-bond acceptors (Lipinski definition) is 4. The maximum atomic E-state index is 2.54. The number of fused-ring (bicyclic) bond motifs is 5. The van der Waals surface area contributed by atoms with Gasteiger partial charge in [-0.15, -0.1) is 0 Å². The Hall–Kier alpha value is -8.28. The lowest BCUT2D eigenvalue weighted by Gasteiger charge is -2.45. The number of anilines is 12. The minimum atomic E-state index is -0.0497. The summed E-state index contributed by atoms with van der Waals surface area (Å²) in [5.41, 5.74) is 23.5. The average molecular weight is 875 g/mol. The first-order valence-corrected chi connectivity index (χ1v) is 23.7. The summed E-state index contributed by atoms with van der Waals surface area (Å²) in [5.74, 6) is 0. The summed E-state index contributed by atoms with van der Waals surface area (Å²) in [6.07, 6.45) is 0. The van der Waals surface area contributed by atoms with Crippen molar-refractivity contribution in [3.8, 4) is 0 Å². The van der Waals surface area contributed by atoms with Gasteiger partial charge in [0.1, 0.15) is 0 Å². The van der Waals surface area contributed by atoms with E-state index in [9.17, 15) is 0 Å². The van der Waals surface area contributed by atoms with Crippen molar-refractivity contribution >= 4 is 102 Å². The Bertz CT molecular complexity index is 3460. The van der Waals surface area contributed by atoms with Crippen molar-refractivity contribution in [1.29, 1.82) is 0 Å². The Morgan fingerprint density at radius 3 is 1.43 bits per heavy atom. The number of para-hydroxylation sites is 1. The molecule has 0 saturated heterocycles. The van der Waals surface area contributed by atoms with Crippen LogP contribution in [0, 0.1) is 34.6 Å². The smallest absolute Gasteiger partial charge is 0.252 e. The molecule has 0 bridgehead atoms. The molecule has 0 saturated carbocycles. The number of benzene rings is 10. The number of aryl methyl sites for hydroxylation is 5. The van der Waals surface area contributed by atoms with E-state index in [2.05, 4.69) is 273 Å². The van der Waals surface area contributed by atoms with E-state index in [1.807, 2.05) is 0 Å². The largest absolute Gasteiger partial charge is 0.311 e. The zero-order valence-corrected chi connectivity index (χ0v) is 39.2. The highest BCUT2D eigenvalue weighted by molar-refractivity contribution is 7.00. The summed E-state index contributed by atoms with van der Waals surface area (Å²) in [6, 6.07) is 81.3.